The highest BCUT2D eigenvalue weighted by atomic mass is 32.3. The summed E-state index contributed by atoms with van der Waals surface area (Å²) in [6.45, 7) is 1.99. The highest BCUT2D eigenvalue weighted by Crippen LogP contribution is 2.71. The SMILES string of the molecule is CCCCCCS(=O)(=O)OC1CC2CC1CC2C(F)(F)C(F)(F)S(=O)(=O)OS(c1ccccc1)(c1ccccc1)c1ccccc1. The van der Waals surface area contributed by atoms with Crippen LogP contribution >= 0.6 is 10.3 Å². The molecule has 2 bridgehead atoms. The Hall–Kier alpha value is -2.45. The molecule has 252 valence electrons. The van der Waals surface area contributed by atoms with Crippen LogP contribution in [0.25, 0.3) is 0 Å². The second-order valence-electron chi connectivity index (χ2n) is 11.9. The van der Waals surface area contributed by atoms with Crippen LogP contribution in [0.5, 0.6) is 0 Å². The molecular formula is C33H38F4O6S3. The minimum atomic E-state index is -6.30. The van der Waals surface area contributed by atoms with Crippen molar-refractivity contribution in [1.29, 1.82) is 0 Å². The van der Waals surface area contributed by atoms with E-state index < -0.39 is 72.0 Å². The molecule has 0 amide bonds. The maximum absolute atomic E-state index is 16.0. The highest BCUT2D eigenvalue weighted by Gasteiger charge is 2.74. The zero-order chi connectivity index (χ0) is 33.2. The highest BCUT2D eigenvalue weighted by molar-refractivity contribution is 8.33. The molecule has 0 N–H and O–H groups in total. The van der Waals surface area contributed by atoms with E-state index in [1.165, 1.54) is 36.4 Å². The molecule has 46 heavy (non-hydrogen) atoms. The number of unbranched alkanes of at least 4 members (excludes halogenated alkanes) is 3. The Morgan fingerprint density at radius 3 is 1.61 bits per heavy atom. The number of halogens is 4. The van der Waals surface area contributed by atoms with Crippen molar-refractivity contribution in [3.05, 3.63) is 91.0 Å². The third kappa shape index (κ3) is 6.63. The molecule has 4 unspecified atom stereocenters. The lowest BCUT2D eigenvalue weighted by Crippen LogP contribution is -2.54. The first-order valence-electron chi connectivity index (χ1n) is 15.4. The average molecular weight is 703 g/mol. The van der Waals surface area contributed by atoms with Crippen LogP contribution in [-0.2, 0) is 28.0 Å². The Morgan fingerprint density at radius 2 is 1.17 bits per heavy atom. The fourth-order valence-electron chi connectivity index (χ4n) is 6.65. The third-order valence-electron chi connectivity index (χ3n) is 8.89. The summed E-state index contributed by atoms with van der Waals surface area (Å²) in [4.78, 5) is 0.683. The van der Waals surface area contributed by atoms with E-state index in [1.54, 1.807) is 54.6 Å². The van der Waals surface area contributed by atoms with Gasteiger partial charge in [-0.1, -0.05) is 80.8 Å². The summed E-state index contributed by atoms with van der Waals surface area (Å²) in [6.07, 6.45) is 1.36. The van der Waals surface area contributed by atoms with E-state index in [2.05, 4.69) is 0 Å². The van der Waals surface area contributed by atoms with Gasteiger partial charge in [0, 0.05) is 20.6 Å². The number of fused-ring (bicyclic) bond motifs is 2. The van der Waals surface area contributed by atoms with Crippen molar-refractivity contribution in [2.75, 3.05) is 5.75 Å². The van der Waals surface area contributed by atoms with E-state index >= 15 is 17.6 Å². The minimum Gasteiger partial charge on any atom is -0.266 e. The lowest BCUT2D eigenvalue weighted by Gasteiger charge is -2.42. The van der Waals surface area contributed by atoms with Gasteiger partial charge in [0.1, 0.15) is 0 Å². The summed E-state index contributed by atoms with van der Waals surface area (Å²) in [5.74, 6) is -8.98. The second kappa shape index (κ2) is 13.6. The van der Waals surface area contributed by atoms with Gasteiger partial charge in [-0.3, -0.25) is 4.18 Å². The minimum absolute atomic E-state index is 0.0422. The summed E-state index contributed by atoms with van der Waals surface area (Å²) in [7, 11) is -13.7. The third-order valence-corrected chi connectivity index (χ3v) is 15.5. The molecule has 4 atom stereocenters. The van der Waals surface area contributed by atoms with Crippen LogP contribution in [0.1, 0.15) is 51.9 Å². The molecule has 0 saturated heterocycles. The molecule has 0 aliphatic heterocycles. The molecular weight excluding hydrogens is 665 g/mol. The van der Waals surface area contributed by atoms with E-state index in [-0.39, 0.29) is 33.3 Å². The molecule has 0 radical (unpaired) electrons. The molecule has 5 rings (SSSR count). The Morgan fingerprint density at radius 1 is 0.674 bits per heavy atom. The van der Waals surface area contributed by atoms with Crippen LogP contribution in [0.2, 0.25) is 0 Å². The summed E-state index contributed by atoms with van der Waals surface area (Å²) >= 11 is 0. The normalized spacial score (nSPS) is 22.6. The molecule has 3 aromatic carbocycles. The van der Waals surface area contributed by atoms with Gasteiger partial charge in [0.05, 0.1) is 11.9 Å². The Labute approximate surface area is 270 Å². The average Bonchev–Trinajstić information content (AvgIpc) is 3.64. The van der Waals surface area contributed by atoms with Gasteiger partial charge in [0.25, 0.3) is 10.1 Å². The summed E-state index contributed by atoms with van der Waals surface area (Å²) in [5, 5.41) is -5.60. The van der Waals surface area contributed by atoms with Crippen LogP contribution in [0, 0.1) is 17.8 Å². The molecule has 3 aromatic rings. The van der Waals surface area contributed by atoms with Crippen LogP contribution in [0.15, 0.2) is 106 Å². The molecule has 0 spiro atoms. The fraction of sp³-hybridized carbons (Fsp3) is 0.455. The van der Waals surface area contributed by atoms with Gasteiger partial charge in [0.15, 0.2) is 0 Å². The summed E-state index contributed by atoms with van der Waals surface area (Å²) in [5.41, 5.74) is 0. The van der Waals surface area contributed by atoms with Crippen molar-refractivity contribution < 1.29 is 42.2 Å². The molecule has 13 heteroatoms. The smallest absolute Gasteiger partial charge is 0.266 e. The maximum atomic E-state index is 16.0. The maximum Gasteiger partial charge on any atom is 0.432 e. The lowest BCUT2D eigenvalue weighted by molar-refractivity contribution is -0.204. The zero-order valence-corrected chi connectivity index (χ0v) is 27.8. The van der Waals surface area contributed by atoms with Gasteiger partial charge < -0.3 is 0 Å². The van der Waals surface area contributed by atoms with Crippen molar-refractivity contribution >= 4 is 30.5 Å². The predicted octanol–water partition coefficient (Wildman–Crippen LogP) is 8.80. The van der Waals surface area contributed by atoms with Crippen LogP contribution in [0.4, 0.5) is 17.6 Å². The van der Waals surface area contributed by atoms with Gasteiger partial charge in [-0.15, -0.1) is 0 Å². The largest absolute Gasteiger partial charge is 0.432 e. The van der Waals surface area contributed by atoms with Gasteiger partial charge in [0.2, 0.25) is 0 Å². The predicted molar refractivity (Wildman–Crippen MR) is 169 cm³/mol. The summed E-state index contributed by atoms with van der Waals surface area (Å²) in [6, 6.07) is 23.6. The Balaban J connectivity index is 1.43. The molecule has 0 aromatic heterocycles. The number of hydrogen-bond donors (Lipinski definition) is 0. The van der Waals surface area contributed by atoms with Crippen molar-refractivity contribution in [2.24, 2.45) is 17.8 Å². The Bertz CT molecular complexity index is 1580. The van der Waals surface area contributed by atoms with Crippen LogP contribution in [-0.4, -0.2) is 39.9 Å². The molecule has 2 saturated carbocycles. The number of hydrogen-bond acceptors (Lipinski definition) is 6. The fourth-order valence-corrected chi connectivity index (χ4v) is 13.2. The van der Waals surface area contributed by atoms with Crippen molar-refractivity contribution in [2.45, 2.75) is 83.8 Å². The van der Waals surface area contributed by atoms with Gasteiger partial charge >= 0.3 is 21.3 Å². The lowest BCUT2D eigenvalue weighted by atomic mass is 9.83. The van der Waals surface area contributed by atoms with Crippen molar-refractivity contribution in [3.8, 4) is 0 Å². The molecule has 2 fully saturated rings. The van der Waals surface area contributed by atoms with Crippen molar-refractivity contribution in [3.63, 3.8) is 0 Å². The summed E-state index contributed by atoms with van der Waals surface area (Å²) < 4.78 is 127. The quantitative estimate of drug-likeness (QED) is 0.0894. The van der Waals surface area contributed by atoms with E-state index in [4.69, 9.17) is 7.81 Å². The Kier molecular flexibility index (Phi) is 10.3. The second-order valence-corrected chi connectivity index (χ2v) is 18.2. The molecule has 0 heterocycles. The van der Waals surface area contributed by atoms with Crippen molar-refractivity contribution in [1.82, 2.24) is 0 Å². The van der Waals surface area contributed by atoms with E-state index in [9.17, 15) is 16.8 Å². The van der Waals surface area contributed by atoms with E-state index in [0.29, 0.717) is 12.8 Å². The van der Waals surface area contributed by atoms with E-state index in [0.717, 1.165) is 12.8 Å². The topological polar surface area (TPSA) is 86.7 Å². The van der Waals surface area contributed by atoms with Gasteiger partial charge in [-0.2, -0.15) is 34.4 Å². The first kappa shape index (κ1) is 34.9. The monoisotopic (exact) mass is 702 g/mol. The van der Waals surface area contributed by atoms with Gasteiger partial charge in [-0.05, 0) is 84.2 Å². The van der Waals surface area contributed by atoms with Gasteiger partial charge in [-0.25, -0.2) is 3.63 Å². The number of alkyl halides is 4. The first-order chi connectivity index (χ1) is 21.7. The molecule has 2 aliphatic carbocycles. The number of rotatable bonds is 15. The zero-order valence-electron chi connectivity index (χ0n) is 25.3. The van der Waals surface area contributed by atoms with E-state index in [1.807, 2.05) is 6.92 Å². The molecule has 6 nitrogen and oxygen atoms in total. The standard InChI is InChI=1S/C33H38F4O6S3/c1-2-3-4-14-21-44(38,39)42-31-24-25-22-26(31)23-30(25)32(34,35)33(36,37)46(40,41)43-45(27-15-8-5-9-16-27,28-17-10-6-11-18-28)29-19-12-7-13-20-29/h5-13,15-20,25-26,30-31H,2-4,14,21-24H2,1H3. The van der Waals surface area contributed by atoms with Crippen LogP contribution in [0.3, 0.4) is 0 Å². The first-order valence-corrected chi connectivity index (χ1v) is 19.9. The van der Waals surface area contributed by atoms with Crippen LogP contribution < -0.4 is 0 Å². The molecule has 2 aliphatic rings. The number of benzene rings is 3.